The summed E-state index contributed by atoms with van der Waals surface area (Å²) in [6.45, 7) is 0.164. The maximum absolute atomic E-state index is 12.3. The molecule has 112 valence electrons. The Morgan fingerprint density at radius 3 is 2.76 bits per heavy atom. The van der Waals surface area contributed by atoms with Crippen LogP contribution in [0.2, 0.25) is 5.02 Å². The Hall–Kier alpha value is -1.83. The van der Waals surface area contributed by atoms with E-state index < -0.39 is 10.0 Å². The fraction of sp³-hybridized carbons (Fsp3) is 0.154. The minimum absolute atomic E-state index is 0.0606. The summed E-state index contributed by atoms with van der Waals surface area (Å²) in [6, 6.07) is 7.59. The van der Waals surface area contributed by atoms with Crippen LogP contribution in [0, 0.1) is 0 Å². The SMILES string of the molecule is COc1ccc(S(=O)(=O)Nc2ncccc2Cl)cc1CN. The van der Waals surface area contributed by atoms with E-state index >= 15 is 0 Å². The third-order valence-corrected chi connectivity index (χ3v) is 4.41. The molecule has 3 N–H and O–H groups in total. The quantitative estimate of drug-likeness (QED) is 0.876. The fourth-order valence-corrected chi connectivity index (χ4v) is 3.03. The zero-order valence-electron chi connectivity index (χ0n) is 11.2. The standard InChI is InChI=1S/C13H14ClN3O3S/c1-20-12-5-4-10(7-9(12)8-15)21(18,19)17-13-11(14)3-2-6-16-13/h2-7H,8,15H2,1H3,(H,16,17). The lowest BCUT2D eigenvalue weighted by Gasteiger charge is -2.11. The number of nitrogens with zero attached hydrogens (tertiary/aromatic N) is 1. The third-order valence-electron chi connectivity index (χ3n) is 2.77. The summed E-state index contributed by atoms with van der Waals surface area (Å²) in [5, 5.41) is 0.216. The van der Waals surface area contributed by atoms with E-state index in [1.54, 1.807) is 18.2 Å². The molecule has 6 nitrogen and oxygen atoms in total. The minimum atomic E-state index is -3.80. The number of nitrogens with two attached hydrogens (primary N) is 1. The molecule has 0 aliphatic rings. The monoisotopic (exact) mass is 327 g/mol. The molecule has 1 aromatic carbocycles. The van der Waals surface area contributed by atoms with Crippen LogP contribution >= 0.6 is 11.6 Å². The number of benzene rings is 1. The zero-order valence-corrected chi connectivity index (χ0v) is 12.8. The Bertz CT molecular complexity index is 750. The summed E-state index contributed by atoms with van der Waals surface area (Å²) in [4.78, 5) is 3.95. The van der Waals surface area contributed by atoms with Crippen LogP contribution < -0.4 is 15.2 Å². The first kappa shape index (κ1) is 15.6. The molecular weight excluding hydrogens is 314 g/mol. The van der Waals surface area contributed by atoms with Gasteiger partial charge in [-0.2, -0.15) is 0 Å². The van der Waals surface area contributed by atoms with Crippen LogP contribution in [-0.2, 0) is 16.6 Å². The molecule has 0 atom stereocenters. The normalized spacial score (nSPS) is 11.2. The number of rotatable bonds is 5. The van der Waals surface area contributed by atoms with E-state index in [0.29, 0.717) is 11.3 Å². The molecule has 2 aromatic rings. The molecule has 1 heterocycles. The summed E-state index contributed by atoms with van der Waals surface area (Å²) in [5.41, 5.74) is 6.18. The van der Waals surface area contributed by atoms with Crippen molar-refractivity contribution in [2.75, 3.05) is 11.8 Å². The summed E-state index contributed by atoms with van der Waals surface area (Å²) >= 11 is 5.89. The van der Waals surface area contributed by atoms with E-state index in [4.69, 9.17) is 22.1 Å². The van der Waals surface area contributed by atoms with Crippen molar-refractivity contribution in [3.63, 3.8) is 0 Å². The number of pyridine rings is 1. The zero-order chi connectivity index (χ0) is 15.5. The van der Waals surface area contributed by atoms with Gasteiger partial charge in [0.1, 0.15) is 5.75 Å². The van der Waals surface area contributed by atoms with Gasteiger partial charge < -0.3 is 10.5 Å². The van der Waals surface area contributed by atoms with Crippen LogP contribution in [0.3, 0.4) is 0 Å². The lowest BCUT2D eigenvalue weighted by molar-refractivity contribution is 0.409. The molecule has 0 aliphatic carbocycles. The van der Waals surface area contributed by atoms with E-state index in [9.17, 15) is 8.42 Å². The predicted molar refractivity (Wildman–Crippen MR) is 80.9 cm³/mol. The van der Waals surface area contributed by atoms with Crippen LogP contribution in [0.4, 0.5) is 5.82 Å². The van der Waals surface area contributed by atoms with Crippen LogP contribution in [-0.4, -0.2) is 20.5 Å². The van der Waals surface area contributed by atoms with Gasteiger partial charge in [-0.1, -0.05) is 11.6 Å². The second kappa shape index (κ2) is 6.30. The maximum atomic E-state index is 12.3. The van der Waals surface area contributed by atoms with Crippen molar-refractivity contribution >= 4 is 27.4 Å². The summed E-state index contributed by atoms with van der Waals surface area (Å²) < 4.78 is 32.1. The summed E-state index contributed by atoms with van der Waals surface area (Å²) in [5.74, 6) is 0.608. The highest BCUT2D eigenvalue weighted by Gasteiger charge is 2.18. The topological polar surface area (TPSA) is 94.3 Å². The Morgan fingerprint density at radius 2 is 2.14 bits per heavy atom. The Morgan fingerprint density at radius 1 is 1.38 bits per heavy atom. The Kier molecular flexibility index (Phi) is 4.66. The van der Waals surface area contributed by atoms with E-state index in [0.717, 1.165) is 0 Å². The van der Waals surface area contributed by atoms with Crippen LogP contribution in [0.25, 0.3) is 0 Å². The van der Waals surface area contributed by atoms with Crippen molar-refractivity contribution < 1.29 is 13.2 Å². The van der Waals surface area contributed by atoms with Gasteiger partial charge in [-0.3, -0.25) is 4.72 Å². The number of methoxy groups -OCH3 is 1. The average Bonchev–Trinajstić information content (AvgIpc) is 2.48. The lowest BCUT2D eigenvalue weighted by atomic mass is 10.2. The molecule has 1 aromatic heterocycles. The number of ether oxygens (including phenoxy) is 1. The second-order valence-corrected chi connectivity index (χ2v) is 6.21. The summed E-state index contributed by atoms with van der Waals surface area (Å²) in [6.07, 6.45) is 1.45. The average molecular weight is 328 g/mol. The highest BCUT2D eigenvalue weighted by Crippen LogP contribution is 2.25. The molecule has 8 heteroatoms. The molecule has 2 rings (SSSR count). The van der Waals surface area contributed by atoms with Gasteiger partial charge in [0.25, 0.3) is 10.0 Å². The predicted octanol–water partition coefficient (Wildman–Crippen LogP) is 2.00. The number of sulfonamides is 1. The molecule has 0 radical (unpaired) electrons. The molecule has 0 spiro atoms. The second-order valence-electron chi connectivity index (χ2n) is 4.12. The number of hydrogen-bond donors (Lipinski definition) is 2. The Labute approximate surface area is 128 Å². The van der Waals surface area contributed by atoms with Crippen LogP contribution in [0.1, 0.15) is 5.56 Å². The van der Waals surface area contributed by atoms with Gasteiger partial charge in [0.15, 0.2) is 5.82 Å². The first-order chi connectivity index (χ1) is 9.97. The lowest BCUT2D eigenvalue weighted by Crippen LogP contribution is -2.15. The van der Waals surface area contributed by atoms with Crippen molar-refractivity contribution in [3.05, 3.63) is 47.1 Å². The maximum Gasteiger partial charge on any atom is 0.263 e. The first-order valence-electron chi connectivity index (χ1n) is 5.98. The highest BCUT2D eigenvalue weighted by molar-refractivity contribution is 7.92. The molecule has 21 heavy (non-hydrogen) atoms. The van der Waals surface area contributed by atoms with E-state index in [1.165, 1.54) is 25.4 Å². The van der Waals surface area contributed by atoms with Gasteiger partial charge >= 0.3 is 0 Å². The van der Waals surface area contributed by atoms with E-state index in [2.05, 4.69) is 9.71 Å². The smallest absolute Gasteiger partial charge is 0.263 e. The largest absolute Gasteiger partial charge is 0.496 e. The van der Waals surface area contributed by atoms with Crippen molar-refractivity contribution in [2.24, 2.45) is 5.73 Å². The van der Waals surface area contributed by atoms with E-state index in [1.807, 2.05) is 0 Å². The van der Waals surface area contributed by atoms with Crippen LogP contribution in [0.5, 0.6) is 5.75 Å². The van der Waals surface area contributed by atoms with Gasteiger partial charge in [-0.15, -0.1) is 0 Å². The number of hydrogen-bond acceptors (Lipinski definition) is 5. The number of anilines is 1. The fourth-order valence-electron chi connectivity index (χ4n) is 1.73. The van der Waals surface area contributed by atoms with Gasteiger partial charge in [0.2, 0.25) is 0 Å². The molecule has 0 bridgehead atoms. The van der Waals surface area contributed by atoms with Gasteiger partial charge in [-0.25, -0.2) is 13.4 Å². The van der Waals surface area contributed by atoms with Crippen LogP contribution in [0.15, 0.2) is 41.4 Å². The van der Waals surface area contributed by atoms with Crippen molar-refractivity contribution in [3.8, 4) is 5.75 Å². The highest BCUT2D eigenvalue weighted by atomic mass is 35.5. The number of nitrogens with one attached hydrogen (secondary N) is 1. The molecular formula is C13H14ClN3O3S. The molecule has 0 saturated heterocycles. The van der Waals surface area contributed by atoms with E-state index in [-0.39, 0.29) is 22.3 Å². The van der Waals surface area contributed by atoms with Crippen molar-refractivity contribution in [1.29, 1.82) is 0 Å². The van der Waals surface area contributed by atoms with Gasteiger partial charge in [0.05, 0.1) is 17.0 Å². The number of aromatic nitrogens is 1. The van der Waals surface area contributed by atoms with Gasteiger partial charge in [-0.05, 0) is 30.3 Å². The molecule has 0 saturated carbocycles. The first-order valence-corrected chi connectivity index (χ1v) is 7.84. The minimum Gasteiger partial charge on any atom is -0.496 e. The third kappa shape index (κ3) is 3.44. The molecule has 0 amide bonds. The van der Waals surface area contributed by atoms with Crippen molar-refractivity contribution in [1.82, 2.24) is 4.98 Å². The Balaban J connectivity index is 2.38. The molecule has 0 fully saturated rings. The molecule has 0 aliphatic heterocycles. The number of halogens is 1. The van der Waals surface area contributed by atoms with Crippen molar-refractivity contribution in [2.45, 2.75) is 11.4 Å². The summed E-state index contributed by atoms with van der Waals surface area (Å²) in [7, 11) is -2.31. The van der Waals surface area contributed by atoms with Gasteiger partial charge in [0, 0.05) is 18.3 Å². The molecule has 0 unspecified atom stereocenters.